The van der Waals surface area contributed by atoms with Gasteiger partial charge in [-0.05, 0) is 55.6 Å². The Morgan fingerprint density at radius 2 is 2.03 bits per heavy atom. The van der Waals surface area contributed by atoms with Crippen molar-refractivity contribution in [1.29, 1.82) is 0 Å². The summed E-state index contributed by atoms with van der Waals surface area (Å²) < 4.78 is 6.01. The van der Waals surface area contributed by atoms with Crippen molar-refractivity contribution < 1.29 is 30.2 Å². The third kappa shape index (κ3) is 3.21. The largest absolute Gasteiger partial charge is 0.452 e. The van der Waals surface area contributed by atoms with Gasteiger partial charge in [0.15, 0.2) is 5.60 Å². The van der Waals surface area contributed by atoms with Crippen LogP contribution in [0.4, 0.5) is 0 Å². The average molecular weight is 461 g/mol. The van der Waals surface area contributed by atoms with E-state index < -0.39 is 29.7 Å². The van der Waals surface area contributed by atoms with E-state index in [1.165, 1.54) is 0 Å². The Kier molecular flexibility index (Phi) is 5.98. The number of oxime groups is 2. The first-order chi connectivity index (χ1) is 15.6. The zero-order chi connectivity index (χ0) is 24.2. The predicted octanol–water partition coefficient (Wildman–Crippen LogP) is 3.29. The molecule has 0 aromatic rings. The van der Waals surface area contributed by atoms with Gasteiger partial charge in [-0.1, -0.05) is 49.7 Å². The molecule has 182 valence electrons. The van der Waals surface area contributed by atoms with E-state index in [9.17, 15) is 25.4 Å². The van der Waals surface area contributed by atoms with Crippen LogP contribution in [0.15, 0.2) is 34.1 Å². The summed E-state index contributed by atoms with van der Waals surface area (Å²) in [5.74, 6) is 0.0126. The summed E-state index contributed by atoms with van der Waals surface area (Å²) in [6, 6.07) is 0. The lowest BCUT2D eigenvalue weighted by Crippen LogP contribution is -2.63. The van der Waals surface area contributed by atoms with Crippen molar-refractivity contribution in [3.63, 3.8) is 0 Å². The highest BCUT2D eigenvalue weighted by Gasteiger charge is 2.70. The van der Waals surface area contributed by atoms with Crippen LogP contribution < -0.4 is 0 Å². The van der Waals surface area contributed by atoms with Gasteiger partial charge in [0, 0.05) is 23.2 Å². The number of fused-ring (bicyclic) bond motifs is 5. The van der Waals surface area contributed by atoms with E-state index in [2.05, 4.69) is 30.2 Å². The topological polar surface area (TPSA) is 132 Å². The number of aliphatic hydroxyl groups is 2. The van der Waals surface area contributed by atoms with Crippen molar-refractivity contribution in [3.05, 3.63) is 23.8 Å². The van der Waals surface area contributed by atoms with Crippen molar-refractivity contribution in [2.75, 3.05) is 6.61 Å². The van der Waals surface area contributed by atoms with Crippen LogP contribution in [-0.4, -0.2) is 56.3 Å². The van der Waals surface area contributed by atoms with E-state index >= 15 is 0 Å². The fourth-order valence-corrected chi connectivity index (χ4v) is 8.02. The Morgan fingerprint density at radius 1 is 1.30 bits per heavy atom. The van der Waals surface area contributed by atoms with Crippen molar-refractivity contribution in [2.45, 2.75) is 71.5 Å². The van der Waals surface area contributed by atoms with Gasteiger partial charge >= 0.3 is 5.97 Å². The van der Waals surface area contributed by atoms with E-state index in [1.807, 2.05) is 19.1 Å². The zero-order valence-corrected chi connectivity index (χ0v) is 19.9. The molecule has 8 atom stereocenters. The number of rotatable bonds is 4. The molecule has 3 fully saturated rings. The Hall–Kier alpha value is -2.19. The number of hydrogen-bond donors (Lipinski definition) is 4. The lowest BCUT2D eigenvalue weighted by atomic mass is 9.44. The maximum absolute atomic E-state index is 12.5. The Labute approximate surface area is 194 Å². The van der Waals surface area contributed by atoms with Gasteiger partial charge in [-0.3, -0.25) is 4.79 Å². The predicted molar refractivity (Wildman–Crippen MR) is 122 cm³/mol. The molecule has 0 aromatic heterocycles. The van der Waals surface area contributed by atoms with E-state index in [-0.39, 0.29) is 41.2 Å². The molecule has 33 heavy (non-hydrogen) atoms. The van der Waals surface area contributed by atoms with Crippen molar-refractivity contribution in [2.24, 2.45) is 44.8 Å². The molecular weight excluding hydrogens is 424 g/mol. The smallest absolute Gasteiger partial charge is 0.306 e. The van der Waals surface area contributed by atoms with Gasteiger partial charge in [-0.15, -0.1) is 0 Å². The molecule has 3 saturated carbocycles. The van der Waals surface area contributed by atoms with Crippen LogP contribution in [0.1, 0.15) is 59.8 Å². The maximum atomic E-state index is 12.5. The fourth-order valence-electron chi connectivity index (χ4n) is 8.02. The first kappa shape index (κ1) is 24.0. The normalized spacial score (nSPS) is 45.8. The molecule has 0 radical (unpaired) electrons. The van der Waals surface area contributed by atoms with Crippen LogP contribution in [0.3, 0.4) is 0 Å². The second-order valence-corrected chi connectivity index (χ2v) is 10.8. The highest BCUT2D eigenvalue weighted by atomic mass is 16.6. The minimum absolute atomic E-state index is 0.0455. The Morgan fingerprint density at radius 3 is 2.64 bits per heavy atom. The molecule has 4 aliphatic rings. The molecule has 0 spiro atoms. The van der Waals surface area contributed by atoms with Gasteiger partial charge in [-0.2, -0.15) is 0 Å². The van der Waals surface area contributed by atoms with Gasteiger partial charge in [-0.25, -0.2) is 0 Å². The Bertz CT molecular complexity index is 941. The van der Waals surface area contributed by atoms with Crippen LogP contribution >= 0.6 is 0 Å². The number of hydrogen-bond acceptors (Lipinski definition) is 8. The molecule has 0 saturated heterocycles. The van der Waals surface area contributed by atoms with Gasteiger partial charge in [0.2, 0.25) is 0 Å². The number of carbonyl (C=O) groups is 1. The quantitative estimate of drug-likeness (QED) is 0.220. The van der Waals surface area contributed by atoms with Gasteiger partial charge in [0.05, 0.1) is 12.7 Å². The van der Waals surface area contributed by atoms with Crippen molar-refractivity contribution in [3.8, 4) is 0 Å². The van der Waals surface area contributed by atoms with E-state index in [0.717, 1.165) is 18.4 Å². The van der Waals surface area contributed by atoms with Crippen molar-refractivity contribution >= 4 is 17.4 Å². The number of esters is 1. The molecular formula is C25H36N2O6. The number of carbonyl (C=O) groups excluding carboxylic acids is 1. The van der Waals surface area contributed by atoms with E-state index in [0.29, 0.717) is 18.6 Å². The molecule has 8 nitrogen and oxygen atoms in total. The summed E-state index contributed by atoms with van der Waals surface area (Å²) in [7, 11) is 0. The Balaban J connectivity index is 1.80. The van der Waals surface area contributed by atoms with Crippen molar-refractivity contribution in [1.82, 2.24) is 0 Å². The number of ether oxygens (including phenoxy) is 1. The first-order valence-corrected chi connectivity index (χ1v) is 12.0. The monoisotopic (exact) mass is 460 g/mol. The minimum atomic E-state index is -1.25. The minimum Gasteiger partial charge on any atom is -0.452 e. The second-order valence-electron chi connectivity index (χ2n) is 10.8. The standard InChI is InChI=1S/C25H36N2O6/c1-5-21(30)33-25(20(13-28)27-32)9-7-17-16-10-14(2)18-11-15(26-31)6-8-23(18,3)22(16)19(29)12-24(17,25)4/h6,8,11,14,16-17,19,22,28-29,31-32H,5,7,9-10,12-13H2,1-4H3/b26-15?,27-20+/t14-,16-,17-,19-,22+,23-,24-,25-/m0/s1. The van der Waals surface area contributed by atoms with E-state index in [1.54, 1.807) is 6.92 Å². The SMILES string of the molecule is CCC(=O)O[C@]1(/C(CO)=N/O)CC[C@H]2[C@@H]3C[C@H](C)C4=CC(=NO)C=C[C@]4(C)[C@H]3[C@@H](O)C[C@@]21C. The first-order valence-electron chi connectivity index (χ1n) is 12.0. The second kappa shape index (κ2) is 8.24. The molecule has 0 unspecified atom stereocenters. The molecule has 4 rings (SSSR count). The lowest BCUT2D eigenvalue weighted by Gasteiger charge is -2.61. The van der Waals surface area contributed by atoms with Gasteiger partial charge in [0.25, 0.3) is 0 Å². The van der Waals surface area contributed by atoms with Crippen LogP contribution in [0.2, 0.25) is 0 Å². The summed E-state index contributed by atoms with van der Waals surface area (Å²) >= 11 is 0. The third-order valence-electron chi connectivity index (χ3n) is 9.38. The molecule has 0 aromatic carbocycles. The van der Waals surface area contributed by atoms with Gasteiger partial charge in [0.1, 0.15) is 11.4 Å². The number of allylic oxidation sites excluding steroid dienone is 4. The highest BCUT2D eigenvalue weighted by molar-refractivity contribution is 6.05. The van der Waals surface area contributed by atoms with Gasteiger partial charge < -0.3 is 25.4 Å². The number of aliphatic hydroxyl groups excluding tert-OH is 2. The molecule has 0 heterocycles. The van der Waals surface area contributed by atoms with Crippen LogP contribution in [0.25, 0.3) is 0 Å². The van der Waals surface area contributed by atoms with Crippen LogP contribution in [0.5, 0.6) is 0 Å². The molecule has 0 bridgehead atoms. The molecule has 0 aliphatic heterocycles. The van der Waals surface area contributed by atoms with Crippen LogP contribution in [-0.2, 0) is 9.53 Å². The third-order valence-corrected chi connectivity index (χ3v) is 9.38. The molecule has 0 amide bonds. The lowest BCUT2D eigenvalue weighted by molar-refractivity contribution is -0.181. The van der Waals surface area contributed by atoms with Crippen LogP contribution in [0, 0.1) is 34.5 Å². The summed E-state index contributed by atoms with van der Waals surface area (Å²) in [4.78, 5) is 12.5. The molecule has 4 aliphatic carbocycles. The fraction of sp³-hybridized carbons (Fsp3) is 0.720. The average Bonchev–Trinajstić information content (AvgIpc) is 3.06. The molecule has 8 heteroatoms. The summed E-state index contributed by atoms with van der Waals surface area (Å²) in [6.07, 6.45) is 7.68. The molecule has 4 N–H and O–H groups in total. The summed E-state index contributed by atoms with van der Waals surface area (Å²) in [5, 5.41) is 47.5. The highest BCUT2D eigenvalue weighted by Crippen LogP contribution is 2.68. The zero-order valence-electron chi connectivity index (χ0n) is 19.9. The number of nitrogens with zero attached hydrogens (tertiary/aromatic N) is 2. The maximum Gasteiger partial charge on any atom is 0.306 e. The summed E-state index contributed by atoms with van der Waals surface area (Å²) in [6.45, 7) is 7.52. The summed E-state index contributed by atoms with van der Waals surface area (Å²) in [5.41, 5.74) is -0.585. The van der Waals surface area contributed by atoms with E-state index in [4.69, 9.17) is 4.74 Å².